The van der Waals surface area contributed by atoms with Crippen molar-refractivity contribution < 1.29 is 14.3 Å². The van der Waals surface area contributed by atoms with Crippen LogP contribution in [-0.4, -0.2) is 24.0 Å². The van der Waals surface area contributed by atoms with Gasteiger partial charge in [-0.3, -0.25) is 9.78 Å². The number of carbonyl (C=O) groups excluding carboxylic acids is 2. The number of amides is 3. The van der Waals surface area contributed by atoms with Crippen LogP contribution in [0.15, 0.2) is 73.1 Å². The lowest BCUT2D eigenvalue weighted by Crippen LogP contribution is -2.28. The molecule has 0 aliphatic carbocycles. The molecule has 0 radical (unpaired) electrons. The third kappa shape index (κ3) is 5.07. The van der Waals surface area contributed by atoms with E-state index in [4.69, 9.17) is 4.74 Å². The number of carbonyl (C=O) groups is 2. The number of aromatic nitrogens is 1. The number of ether oxygens (including phenoxy) is 1. The van der Waals surface area contributed by atoms with Crippen LogP contribution in [0.5, 0.6) is 5.75 Å². The number of methoxy groups -OCH3 is 1. The van der Waals surface area contributed by atoms with Gasteiger partial charge in [0.15, 0.2) is 0 Å². The fourth-order valence-corrected chi connectivity index (χ4v) is 2.51. The summed E-state index contributed by atoms with van der Waals surface area (Å²) >= 11 is 0. The molecule has 28 heavy (non-hydrogen) atoms. The Bertz CT molecular complexity index is 943. The number of pyridine rings is 1. The van der Waals surface area contributed by atoms with E-state index in [0.29, 0.717) is 29.2 Å². The fraction of sp³-hybridized carbons (Fsp3) is 0.0952. The Morgan fingerprint density at radius 3 is 2.46 bits per heavy atom. The number of hydrogen-bond acceptors (Lipinski definition) is 4. The quantitative estimate of drug-likeness (QED) is 0.612. The van der Waals surface area contributed by atoms with E-state index in [1.54, 1.807) is 55.9 Å². The van der Waals surface area contributed by atoms with Gasteiger partial charge in [0.2, 0.25) is 0 Å². The Hall–Kier alpha value is -3.87. The average molecular weight is 376 g/mol. The summed E-state index contributed by atoms with van der Waals surface area (Å²) in [7, 11) is 1.55. The van der Waals surface area contributed by atoms with E-state index >= 15 is 0 Å². The SMILES string of the molecule is COc1ccccc1NC(=O)c1ccc(NC(=O)NCc2cccnc2)cc1. The van der Waals surface area contributed by atoms with Gasteiger partial charge < -0.3 is 20.7 Å². The average Bonchev–Trinajstić information content (AvgIpc) is 2.74. The fourth-order valence-electron chi connectivity index (χ4n) is 2.51. The molecule has 1 heterocycles. The van der Waals surface area contributed by atoms with Gasteiger partial charge in [-0.25, -0.2) is 4.79 Å². The number of nitrogens with zero attached hydrogens (tertiary/aromatic N) is 1. The van der Waals surface area contributed by atoms with E-state index in [-0.39, 0.29) is 11.9 Å². The van der Waals surface area contributed by atoms with Crippen molar-refractivity contribution in [1.82, 2.24) is 10.3 Å². The molecule has 0 aliphatic heterocycles. The maximum Gasteiger partial charge on any atom is 0.319 e. The van der Waals surface area contributed by atoms with Crippen LogP contribution < -0.4 is 20.7 Å². The molecular formula is C21H20N4O3. The molecule has 3 N–H and O–H groups in total. The minimum absolute atomic E-state index is 0.267. The molecule has 0 spiro atoms. The van der Waals surface area contributed by atoms with E-state index in [2.05, 4.69) is 20.9 Å². The highest BCUT2D eigenvalue weighted by Gasteiger charge is 2.10. The van der Waals surface area contributed by atoms with E-state index in [1.807, 2.05) is 24.3 Å². The summed E-state index contributed by atoms with van der Waals surface area (Å²) < 4.78 is 5.23. The van der Waals surface area contributed by atoms with Gasteiger partial charge in [-0.15, -0.1) is 0 Å². The highest BCUT2D eigenvalue weighted by atomic mass is 16.5. The first-order valence-electron chi connectivity index (χ1n) is 8.64. The second kappa shape index (κ2) is 9.18. The van der Waals surface area contributed by atoms with Gasteiger partial charge in [-0.2, -0.15) is 0 Å². The Labute approximate surface area is 162 Å². The Kier molecular flexibility index (Phi) is 6.20. The molecule has 0 atom stereocenters. The van der Waals surface area contributed by atoms with Gasteiger partial charge in [0, 0.05) is 30.2 Å². The number of hydrogen-bond donors (Lipinski definition) is 3. The molecule has 0 saturated carbocycles. The lowest BCUT2D eigenvalue weighted by atomic mass is 10.2. The van der Waals surface area contributed by atoms with E-state index in [1.165, 1.54) is 0 Å². The zero-order valence-corrected chi connectivity index (χ0v) is 15.3. The van der Waals surface area contributed by atoms with Crippen LogP contribution >= 0.6 is 0 Å². The van der Waals surface area contributed by atoms with Gasteiger partial charge in [0.25, 0.3) is 5.91 Å². The third-order valence-electron chi connectivity index (χ3n) is 3.94. The normalized spacial score (nSPS) is 10.0. The van der Waals surface area contributed by atoms with Crippen LogP contribution in [-0.2, 0) is 6.54 Å². The van der Waals surface area contributed by atoms with Gasteiger partial charge in [0.1, 0.15) is 5.75 Å². The van der Waals surface area contributed by atoms with Crippen LogP contribution in [0.2, 0.25) is 0 Å². The Morgan fingerprint density at radius 1 is 0.964 bits per heavy atom. The summed E-state index contributed by atoms with van der Waals surface area (Å²) in [4.78, 5) is 28.4. The topological polar surface area (TPSA) is 92.4 Å². The van der Waals surface area contributed by atoms with Crippen LogP contribution in [0.25, 0.3) is 0 Å². The highest BCUT2D eigenvalue weighted by molar-refractivity contribution is 6.05. The molecule has 1 aromatic heterocycles. The molecule has 0 fully saturated rings. The van der Waals surface area contributed by atoms with Crippen molar-refractivity contribution in [2.45, 2.75) is 6.54 Å². The first-order chi connectivity index (χ1) is 13.7. The summed E-state index contributed by atoms with van der Waals surface area (Å²) in [6.45, 7) is 0.374. The summed E-state index contributed by atoms with van der Waals surface area (Å²) in [6.07, 6.45) is 3.37. The number of para-hydroxylation sites is 2. The van der Waals surface area contributed by atoms with Crippen LogP contribution in [0.3, 0.4) is 0 Å². The zero-order chi connectivity index (χ0) is 19.8. The van der Waals surface area contributed by atoms with Crippen molar-refractivity contribution in [2.24, 2.45) is 0 Å². The summed E-state index contributed by atoms with van der Waals surface area (Å²) in [5.74, 6) is 0.316. The smallest absolute Gasteiger partial charge is 0.319 e. The van der Waals surface area contributed by atoms with Crippen LogP contribution in [0.4, 0.5) is 16.2 Å². The lowest BCUT2D eigenvalue weighted by molar-refractivity contribution is 0.102. The van der Waals surface area contributed by atoms with Crippen molar-refractivity contribution in [3.05, 3.63) is 84.2 Å². The molecule has 0 aliphatic rings. The third-order valence-corrected chi connectivity index (χ3v) is 3.94. The first kappa shape index (κ1) is 18.9. The summed E-state index contributed by atoms with van der Waals surface area (Å²) in [5.41, 5.74) is 2.54. The van der Waals surface area contributed by atoms with Gasteiger partial charge in [-0.05, 0) is 48.0 Å². The monoisotopic (exact) mass is 376 g/mol. The van der Waals surface area contributed by atoms with Gasteiger partial charge in [0.05, 0.1) is 12.8 Å². The van der Waals surface area contributed by atoms with Crippen molar-refractivity contribution in [3.63, 3.8) is 0 Å². The molecule has 2 aromatic carbocycles. The molecule has 7 nitrogen and oxygen atoms in total. The summed E-state index contributed by atoms with van der Waals surface area (Å²) in [5, 5.41) is 8.28. The van der Waals surface area contributed by atoms with Gasteiger partial charge in [-0.1, -0.05) is 18.2 Å². The standard InChI is InChI=1S/C21H20N4O3/c1-28-19-7-3-2-6-18(19)25-20(26)16-8-10-17(11-9-16)24-21(27)23-14-15-5-4-12-22-13-15/h2-13H,14H2,1H3,(H,25,26)(H2,23,24,27). The van der Waals surface area contributed by atoms with Gasteiger partial charge >= 0.3 is 6.03 Å². The number of benzene rings is 2. The molecule has 0 bridgehead atoms. The highest BCUT2D eigenvalue weighted by Crippen LogP contribution is 2.23. The number of anilines is 2. The first-order valence-corrected chi connectivity index (χ1v) is 8.64. The predicted molar refractivity (Wildman–Crippen MR) is 107 cm³/mol. The Morgan fingerprint density at radius 2 is 1.75 bits per heavy atom. The van der Waals surface area contributed by atoms with Crippen LogP contribution in [0.1, 0.15) is 15.9 Å². The molecular weight excluding hydrogens is 356 g/mol. The second-order valence-corrected chi connectivity index (χ2v) is 5.90. The molecule has 142 valence electrons. The number of rotatable bonds is 6. The molecule has 0 unspecified atom stereocenters. The minimum Gasteiger partial charge on any atom is -0.495 e. The van der Waals surface area contributed by atoms with Crippen molar-refractivity contribution in [1.29, 1.82) is 0 Å². The van der Waals surface area contributed by atoms with E-state index < -0.39 is 0 Å². The number of nitrogens with one attached hydrogen (secondary N) is 3. The molecule has 3 aromatic rings. The van der Waals surface area contributed by atoms with E-state index in [0.717, 1.165) is 5.56 Å². The number of urea groups is 1. The predicted octanol–water partition coefficient (Wildman–Crippen LogP) is 3.66. The summed E-state index contributed by atoms with van der Waals surface area (Å²) in [6, 6.07) is 17.1. The molecule has 7 heteroatoms. The zero-order valence-electron chi connectivity index (χ0n) is 15.3. The van der Waals surface area contributed by atoms with Crippen molar-refractivity contribution in [2.75, 3.05) is 17.7 Å². The molecule has 3 amide bonds. The minimum atomic E-state index is -0.338. The molecule has 3 rings (SSSR count). The Balaban J connectivity index is 1.55. The van der Waals surface area contributed by atoms with Crippen molar-refractivity contribution in [3.8, 4) is 5.75 Å². The maximum absolute atomic E-state index is 12.4. The largest absolute Gasteiger partial charge is 0.495 e. The van der Waals surface area contributed by atoms with Crippen molar-refractivity contribution >= 4 is 23.3 Å². The lowest BCUT2D eigenvalue weighted by Gasteiger charge is -2.11. The van der Waals surface area contributed by atoms with E-state index in [9.17, 15) is 9.59 Å². The maximum atomic E-state index is 12.4. The molecule has 0 saturated heterocycles. The second-order valence-electron chi connectivity index (χ2n) is 5.90. The van der Waals surface area contributed by atoms with Crippen LogP contribution in [0, 0.1) is 0 Å².